The number of esters is 1. The summed E-state index contributed by atoms with van der Waals surface area (Å²) < 4.78 is 4.80. The highest BCUT2D eigenvalue weighted by Gasteiger charge is 2.23. The lowest BCUT2D eigenvalue weighted by Gasteiger charge is -2.28. The third kappa shape index (κ3) is 2.18. The van der Waals surface area contributed by atoms with Crippen LogP contribution in [0.4, 0.5) is 10.8 Å². The Morgan fingerprint density at radius 1 is 1.40 bits per heavy atom. The molecule has 0 atom stereocenters. The third-order valence-corrected chi connectivity index (χ3v) is 4.66. The topological polar surface area (TPSA) is 42.4 Å². The highest BCUT2D eigenvalue weighted by atomic mass is 32.1. The van der Waals surface area contributed by atoms with Crippen LogP contribution in [-0.4, -0.2) is 24.6 Å². The average molecular weight is 288 g/mol. The molecule has 0 unspecified atom stereocenters. The summed E-state index contributed by atoms with van der Waals surface area (Å²) in [6, 6.07) is 8.38. The number of ether oxygens (including phenoxy) is 1. The van der Waals surface area contributed by atoms with Gasteiger partial charge in [-0.1, -0.05) is 29.5 Å². The van der Waals surface area contributed by atoms with Gasteiger partial charge in [0.1, 0.15) is 4.88 Å². The molecule has 1 aliphatic rings. The third-order valence-electron chi connectivity index (χ3n) is 3.50. The van der Waals surface area contributed by atoms with Gasteiger partial charge in [-0.25, -0.2) is 9.78 Å². The minimum atomic E-state index is -0.309. The zero-order chi connectivity index (χ0) is 14.1. The lowest BCUT2D eigenvalue weighted by atomic mass is 10.0. The summed E-state index contributed by atoms with van der Waals surface area (Å²) in [5.74, 6) is -0.309. The van der Waals surface area contributed by atoms with Crippen LogP contribution in [0.3, 0.4) is 0 Å². The van der Waals surface area contributed by atoms with Crippen molar-refractivity contribution >= 4 is 28.1 Å². The Labute approximate surface area is 122 Å². The maximum absolute atomic E-state index is 11.7. The molecule has 0 amide bonds. The Bertz CT molecular complexity index is 651. The first-order valence-electron chi connectivity index (χ1n) is 6.62. The molecule has 104 valence electrons. The molecular weight excluding hydrogens is 272 g/mol. The zero-order valence-corrected chi connectivity index (χ0v) is 12.4. The number of aromatic nitrogens is 1. The average Bonchev–Trinajstić information content (AvgIpc) is 2.87. The normalized spacial score (nSPS) is 14.0. The first-order chi connectivity index (χ1) is 9.70. The Morgan fingerprint density at radius 2 is 2.20 bits per heavy atom. The van der Waals surface area contributed by atoms with Crippen molar-refractivity contribution in [3.63, 3.8) is 0 Å². The standard InChI is InChI=1S/C15H16N2O2S/c1-10-13(14(18)19-2)20-15(16-10)17-9-5-7-11-6-3-4-8-12(11)17/h3-4,6,8H,5,7,9H2,1-2H3. The number of rotatable bonds is 2. The number of thiazole rings is 1. The van der Waals surface area contributed by atoms with Gasteiger partial charge in [0.05, 0.1) is 12.8 Å². The monoisotopic (exact) mass is 288 g/mol. The van der Waals surface area contributed by atoms with E-state index in [1.807, 2.05) is 13.0 Å². The van der Waals surface area contributed by atoms with Crippen molar-refractivity contribution in [1.29, 1.82) is 0 Å². The van der Waals surface area contributed by atoms with Crippen LogP contribution in [0.1, 0.15) is 27.3 Å². The molecular formula is C15H16N2O2S. The van der Waals surface area contributed by atoms with Gasteiger partial charge >= 0.3 is 5.97 Å². The lowest BCUT2D eigenvalue weighted by Crippen LogP contribution is -2.24. The largest absolute Gasteiger partial charge is 0.465 e. The number of aryl methyl sites for hydroxylation is 2. The molecule has 1 aliphatic heterocycles. The number of methoxy groups -OCH3 is 1. The van der Waals surface area contributed by atoms with Crippen LogP contribution in [0.5, 0.6) is 0 Å². The second-order valence-electron chi connectivity index (χ2n) is 4.79. The molecule has 0 fully saturated rings. The van der Waals surface area contributed by atoms with Crippen LogP contribution < -0.4 is 4.90 Å². The number of benzene rings is 1. The summed E-state index contributed by atoms with van der Waals surface area (Å²) in [7, 11) is 1.40. The maximum Gasteiger partial charge on any atom is 0.350 e. The van der Waals surface area contributed by atoms with Crippen molar-refractivity contribution in [3.8, 4) is 0 Å². The van der Waals surface area contributed by atoms with Crippen molar-refractivity contribution in [1.82, 2.24) is 4.98 Å². The van der Waals surface area contributed by atoms with Crippen LogP contribution in [0.15, 0.2) is 24.3 Å². The molecule has 0 saturated heterocycles. The molecule has 0 saturated carbocycles. The van der Waals surface area contributed by atoms with Gasteiger partial charge in [0.25, 0.3) is 0 Å². The fraction of sp³-hybridized carbons (Fsp3) is 0.333. The highest BCUT2D eigenvalue weighted by molar-refractivity contribution is 7.17. The molecule has 0 aliphatic carbocycles. The van der Waals surface area contributed by atoms with E-state index in [2.05, 4.69) is 28.1 Å². The maximum atomic E-state index is 11.7. The number of hydrogen-bond acceptors (Lipinski definition) is 5. The number of hydrogen-bond donors (Lipinski definition) is 0. The van der Waals surface area contributed by atoms with E-state index in [-0.39, 0.29) is 5.97 Å². The molecule has 4 nitrogen and oxygen atoms in total. The number of anilines is 2. The number of carbonyl (C=O) groups excluding carboxylic acids is 1. The first kappa shape index (κ1) is 13.1. The van der Waals surface area contributed by atoms with E-state index >= 15 is 0 Å². The Morgan fingerprint density at radius 3 is 3.00 bits per heavy atom. The van der Waals surface area contributed by atoms with E-state index in [0.29, 0.717) is 4.88 Å². The van der Waals surface area contributed by atoms with Crippen LogP contribution in [0.25, 0.3) is 0 Å². The molecule has 5 heteroatoms. The van der Waals surface area contributed by atoms with Gasteiger partial charge in [-0.2, -0.15) is 0 Å². The molecule has 3 rings (SSSR count). The summed E-state index contributed by atoms with van der Waals surface area (Å²) in [6.45, 7) is 2.78. The predicted octanol–water partition coefficient (Wildman–Crippen LogP) is 3.32. The van der Waals surface area contributed by atoms with E-state index in [9.17, 15) is 4.79 Å². The fourth-order valence-electron chi connectivity index (χ4n) is 2.51. The fourth-order valence-corrected chi connectivity index (χ4v) is 3.54. The minimum absolute atomic E-state index is 0.309. The van der Waals surface area contributed by atoms with Gasteiger partial charge < -0.3 is 9.64 Å². The van der Waals surface area contributed by atoms with Crippen molar-refractivity contribution < 1.29 is 9.53 Å². The van der Waals surface area contributed by atoms with Crippen molar-refractivity contribution in [3.05, 3.63) is 40.4 Å². The summed E-state index contributed by atoms with van der Waals surface area (Å²) >= 11 is 1.40. The zero-order valence-electron chi connectivity index (χ0n) is 11.5. The molecule has 0 bridgehead atoms. The number of nitrogens with zero attached hydrogens (tertiary/aromatic N) is 2. The van der Waals surface area contributed by atoms with Gasteiger partial charge in [0.15, 0.2) is 5.13 Å². The Hall–Kier alpha value is -1.88. The van der Waals surface area contributed by atoms with Gasteiger partial charge in [0, 0.05) is 12.2 Å². The van der Waals surface area contributed by atoms with Crippen LogP contribution in [-0.2, 0) is 11.2 Å². The number of carbonyl (C=O) groups is 1. The second-order valence-corrected chi connectivity index (χ2v) is 5.76. The van der Waals surface area contributed by atoms with E-state index in [1.54, 1.807) is 0 Å². The van der Waals surface area contributed by atoms with Crippen LogP contribution >= 0.6 is 11.3 Å². The first-order valence-corrected chi connectivity index (χ1v) is 7.43. The summed E-state index contributed by atoms with van der Waals surface area (Å²) in [5, 5.41) is 0.870. The predicted molar refractivity (Wildman–Crippen MR) is 80.0 cm³/mol. The van der Waals surface area contributed by atoms with E-state index in [4.69, 9.17) is 4.74 Å². The molecule has 0 radical (unpaired) electrons. The smallest absolute Gasteiger partial charge is 0.350 e. The minimum Gasteiger partial charge on any atom is -0.465 e. The SMILES string of the molecule is COC(=O)c1sc(N2CCCc3ccccc32)nc1C. The van der Waals surface area contributed by atoms with E-state index < -0.39 is 0 Å². The Balaban J connectivity index is 2.01. The van der Waals surface area contributed by atoms with Crippen molar-refractivity contribution in [2.75, 3.05) is 18.6 Å². The molecule has 2 aromatic rings. The lowest BCUT2D eigenvalue weighted by molar-refractivity contribution is 0.0605. The second kappa shape index (κ2) is 5.25. The molecule has 2 heterocycles. The molecule has 1 aromatic heterocycles. The Kier molecular flexibility index (Phi) is 3.44. The van der Waals surface area contributed by atoms with E-state index in [1.165, 1.54) is 29.7 Å². The van der Waals surface area contributed by atoms with Gasteiger partial charge in [0.2, 0.25) is 0 Å². The summed E-state index contributed by atoms with van der Waals surface area (Å²) in [6.07, 6.45) is 2.20. The van der Waals surface area contributed by atoms with Crippen LogP contribution in [0, 0.1) is 6.92 Å². The summed E-state index contributed by atoms with van der Waals surface area (Å²) in [4.78, 5) is 19.0. The van der Waals surface area contributed by atoms with Gasteiger partial charge in [-0.05, 0) is 31.4 Å². The molecule has 0 N–H and O–H groups in total. The van der Waals surface area contributed by atoms with Crippen molar-refractivity contribution in [2.45, 2.75) is 19.8 Å². The van der Waals surface area contributed by atoms with Crippen molar-refractivity contribution in [2.24, 2.45) is 0 Å². The summed E-state index contributed by atoms with van der Waals surface area (Å²) in [5.41, 5.74) is 3.27. The van der Waals surface area contributed by atoms with Crippen LogP contribution in [0.2, 0.25) is 0 Å². The molecule has 1 aromatic carbocycles. The molecule has 20 heavy (non-hydrogen) atoms. The highest BCUT2D eigenvalue weighted by Crippen LogP contribution is 2.36. The van der Waals surface area contributed by atoms with Gasteiger partial charge in [-0.15, -0.1) is 0 Å². The number of para-hydroxylation sites is 1. The van der Waals surface area contributed by atoms with Gasteiger partial charge in [-0.3, -0.25) is 0 Å². The quantitative estimate of drug-likeness (QED) is 0.795. The molecule has 0 spiro atoms. The van der Waals surface area contributed by atoms with E-state index in [0.717, 1.165) is 30.2 Å². The number of fused-ring (bicyclic) bond motifs is 1.